The van der Waals surface area contributed by atoms with E-state index in [2.05, 4.69) is 20.5 Å². The van der Waals surface area contributed by atoms with Crippen LogP contribution in [0.5, 0.6) is 5.75 Å². The van der Waals surface area contributed by atoms with Gasteiger partial charge in [-0.25, -0.2) is 4.39 Å². The maximum Gasteiger partial charge on any atom is 0.191 e. The monoisotopic (exact) mass is 530 g/mol. The van der Waals surface area contributed by atoms with Gasteiger partial charge in [-0.05, 0) is 62.7 Å². The van der Waals surface area contributed by atoms with Crippen LogP contribution in [-0.4, -0.2) is 44.1 Å². The third-order valence-electron chi connectivity index (χ3n) is 5.15. The fourth-order valence-corrected chi connectivity index (χ4v) is 3.65. The largest absolute Gasteiger partial charge is 0.491 e. The van der Waals surface area contributed by atoms with Crippen LogP contribution in [0.1, 0.15) is 43.6 Å². The zero-order valence-corrected chi connectivity index (χ0v) is 20.0. The first-order valence-corrected chi connectivity index (χ1v) is 10.3. The summed E-state index contributed by atoms with van der Waals surface area (Å²) < 4.78 is 25.0. The van der Waals surface area contributed by atoms with E-state index in [1.807, 2.05) is 25.1 Å². The molecule has 2 heterocycles. The van der Waals surface area contributed by atoms with E-state index in [4.69, 9.17) is 9.15 Å². The van der Waals surface area contributed by atoms with Gasteiger partial charge in [-0.3, -0.25) is 9.89 Å². The first-order valence-electron chi connectivity index (χ1n) is 10.3. The maximum absolute atomic E-state index is 14.0. The molecule has 6 nitrogen and oxygen atoms in total. The van der Waals surface area contributed by atoms with Crippen molar-refractivity contribution in [2.45, 2.75) is 38.8 Å². The molecule has 8 heteroatoms. The van der Waals surface area contributed by atoms with E-state index in [0.29, 0.717) is 25.7 Å². The van der Waals surface area contributed by atoms with Gasteiger partial charge in [-0.2, -0.15) is 0 Å². The van der Waals surface area contributed by atoms with Crippen molar-refractivity contribution in [3.63, 3.8) is 0 Å². The van der Waals surface area contributed by atoms with Gasteiger partial charge in [0, 0.05) is 20.1 Å². The van der Waals surface area contributed by atoms with Gasteiger partial charge in [0.15, 0.2) is 17.5 Å². The molecule has 0 bridgehead atoms. The van der Waals surface area contributed by atoms with Crippen molar-refractivity contribution in [2.24, 2.45) is 4.99 Å². The zero-order chi connectivity index (χ0) is 20.5. The molecule has 0 saturated carbocycles. The summed E-state index contributed by atoms with van der Waals surface area (Å²) in [5.41, 5.74) is 0.826. The van der Waals surface area contributed by atoms with Crippen molar-refractivity contribution in [3.05, 3.63) is 53.7 Å². The van der Waals surface area contributed by atoms with Crippen LogP contribution in [0.25, 0.3) is 0 Å². The molecule has 3 rings (SSSR count). The second-order valence-corrected chi connectivity index (χ2v) is 7.13. The number of benzene rings is 1. The number of nitrogens with one attached hydrogen (secondary N) is 2. The Morgan fingerprint density at radius 3 is 2.67 bits per heavy atom. The molecule has 0 spiro atoms. The molecule has 166 valence electrons. The molecule has 2 aromatic rings. The van der Waals surface area contributed by atoms with E-state index in [0.717, 1.165) is 24.4 Å². The van der Waals surface area contributed by atoms with E-state index in [1.54, 1.807) is 19.4 Å². The average Bonchev–Trinajstić information content (AvgIpc) is 3.28. The first kappa shape index (κ1) is 24.5. The number of ether oxygens (including phenoxy) is 1. The van der Waals surface area contributed by atoms with Crippen molar-refractivity contribution in [3.8, 4) is 5.75 Å². The van der Waals surface area contributed by atoms with Crippen LogP contribution in [0.15, 0.2) is 46.0 Å². The van der Waals surface area contributed by atoms with Crippen molar-refractivity contribution in [2.75, 3.05) is 33.3 Å². The number of hydrogen-bond acceptors (Lipinski definition) is 4. The fraction of sp³-hybridized carbons (Fsp3) is 0.500. The summed E-state index contributed by atoms with van der Waals surface area (Å²) in [6.45, 7) is 5.58. The summed E-state index contributed by atoms with van der Waals surface area (Å²) in [7, 11) is 1.73. The third-order valence-corrected chi connectivity index (χ3v) is 5.15. The van der Waals surface area contributed by atoms with Gasteiger partial charge in [0.2, 0.25) is 0 Å². The second-order valence-electron chi connectivity index (χ2n) is 7.13. The van der Waals surface area contributed by atoms with Crippen molar-refractivity contribution >= 4 is 29.9 Å². The molecule has 1 fully saturated rings. The number of hydrogen-bond donors (Lipinski definition) is 2. The molecule has 1 aromatic heterocycles. The van der Waals surface area contributed by atoms with Gasteiger partial charge < -0.3 is 19.8 Å². The van der Waals surface area contributed by atoms with Gasteiger partial charge in [-0.1, -0.05) is 12.5 Å². The van der Waals surface area contributed by atoms with Crippen LogP contribution in [0.3, 0.4) is 0 Å². The number of guanidine groups is 1. The molecule has 30 heavy (non-hydrogen) atoms. The Labute approximate surface area is 195 Å². The molecule has 0 radical (unpaired) electrons. The van der Waals surface area contributed by atoms with Crippen LogP contribution >= 0.6 is 24.0 Å². The summed E-state index contributed by atoms with van der Waals surface area (Å²) in [6.07, 6.45) is 5.44. The second kappa shape index (κ2) is 12.8. The summed E-state index contributed by atoms with van der Waals surface area (Å²) >= 11 is 0. The number of furan rings is 1. The summed E-state index contributed by atoms with van der Waals surface area (Å²) in [4.78, 5) is 6.76. The minimum absolute atomic E-state index is 0. The Hall–Kier alpha value is -1.81. The SMILES string of the molecule is CCOc1ccc(CNC(=NC)NCC(c2ccco2)N2CCCCC2)cc1F.I. The summed E-state index contributed by atoms with van der Waals surface area (Å²) in [5, 5.41) is 6.64. The molecule has 1 aliphatic rings. The van der Waals surface area contributed by atoms with Gasteiger partial charge in [0.25, 0.3) is 0 Å². The predicted octanol–water partition coefficient (Wildman–Crippen LogP) is 4.33. The van der Waals surface area contributed by atoms with Crippen LogP contribution in [0.4, 0.5) is 4.39 Å². The first-order chi connectivity index (χ1) is 14.2. The number of nitrogens with zero attached hydrogens (tertiary/aromatic N) is 2. The van der Waals surface area contributed by atoms with E-state index < -0.39 is 0 Å². The van der Waals surface area contributed by atoms with E-state index >= 15 is 0 Å². The minimum atomic E-state index is -0.350. The van der Waals surface area contributed by atoms with Gasteiger partial charge in [0.1, 0.15) is 5.76 Å². The number of piperidine rings is 1. The molecule has 0 aliphatic carbocycles. The van der Waals surface area contributed by atoms with Gasteiger partial charge in [-0.15, -0.1) is 24.0 Å². The Kier molecular flexibility index (Phi) is 10.4. The molecular weight excluding hydrogens is 498 g/mol. The highest BCUT2D eigenvalue weighted by Gasteiger charge is 2.24. The Morgan fingerprint density at radius 2 is 2.03 bits per heavy atom. The molecule has 1 saturated heterocycles. The molecule has 2 N–H and O–H groups in total. The van der Waals surface area contributed by atoms with Crippen LogP contribution in [-0.2, 0) is 6.54 Å². The number of aliphatic imine (C=N–C) groups is 1. The highest BCUT2D eigenvalue weighted by molar-refractivity contribution is 14.0. The van der Waals surface area contributed by atoms with Crippen LogP contribution < -0.4 is 15.4 Å². The lowest BCUT2D eigenvalue weighted by Gasteiger charge is -2.33. The molecule has 0 amide bonds. The molecular formula is C22H32FIN4O2. The molecule has 1 aliphatic heterocycles. The van der Waals surface area contributed by atoms with Crippen molar-refractivity contribution < 1.29 is 13.5 Å². The van der Waals surface area contributed by atoms with Crippen molar-refractivity contribution in [1.82, 2.24) is 15.5 Å². The fourth-order valence-electron chi connectivity index (χ4n) is 3.65. The highest BCUT2D eigenvalue weighted by atomic mass is 127. The van der Waals surface area contributed by atoms with E-state index in [1.165, 1.54) is 25.3 Å². The third kappa shape index (κ3) is 6.87. The average molecular weight is 530 g/mol. The Balaban J connectivity index is 0.00000320. The minimum Gasteiger partial charge on any atom is -0.491 e. The maximum atomic E-state index is 14.0. The normalized spacial score (nSPS) is 15.9. The highest BCUT2D eigenvalue weighted by Crippen LogP contribution is 2.24. The van der Waals surface area contributed by atoms with Crippen molar-refractivity contribution in [1.29, 1.82) is 0 Å². The lowest BCUT2D eigenvalue weighted by molar-refractivity contribution is 0.146. The van der Waals surface area contributed by atoms with Crippen LogP contribution in [0.2, 0.25) is 0 Å². The molecule has 1 unspecified atom stereocenters. The topological polar surface area (TPSA) is 62.0 Å². The molecule has 1 atom stereocenters. The standard InChI is InChI=1S/C22H31FN4O2.HI/c1-3-28-20-10-9-17(14-18(20)23)15-25-22(24-2)26-16-19(21-8-7-13-29-21)27-11-5-4-6-12-27;/h7-10,13-14,19H,3-6,11-12,15-16H2,1-2H3,(H2,24,25,26);1H. The number of rotatable bonds is 8. The van der Waals surface area contributed by atoms with E-state index in [9.17, 15) is 4.39 Å². The van der Waals surface area contributed by atoms with Gasteiger partial charge in [0.05, 0.1) is 18.9 Å². The summed E-state index contributed by atoms with van der Waals surface area (Å²) in [6, 6.07) is 9.12. The number of likely N-dealkylation sites (tertiary alicyclic amines) is 1. The van der Waals surface area contributed by atoms with Gasteiger partial charge >= 0.3 is 0 Å². The summed E-state index contributed by atoms with van der Waals surface area (Å²) in [5.74, 6) is 1.56. The Morgan fingerprint density at radius 1 is 1.23 bits per heavy atom. The number of halogens is 2. The predicted molar refractivity (Wildman–Crippen MR) is 128 cm³/mol. The quantitative estimate of drug-likeness (QED) is 0.303. The lowest BCUT2D eigenvalue weighted by atomic mass is 10.1. The van der Waals surface area contributed by atoms with E-state index in [-0.39, 0.29) is 41.6 Å². The zero-order valence-electron chi connectivity index (χ0n) is 17.7. The molecule has 1 aromatic carbocycles. The lowest BCUT2D eigenvalue weighted by Crippen LogP contribution is -2.44. The van der Waals surface area contributed by atoms with Crippen LogP contribution in [0, 0.1) is 5.82 Å². The smallest absolute Gasteiger partial charge is 0.191 e. The Bertz CT molecular complexity index is 779.